The highest BCUT2D eigenvalue weighted by Crippen LogP contribution is 2.37. The molecular formula is C26H31NOSi. The van der Waals surface area contributed by atoms with E-state index in [4.69, 9.17) is 9.40 Å². The molecule has 2 aromatic carbocycles. The molecule has 3 heteroatoms. The smallest absolute Gasteiger partial charge is 0.144 e. The molecule has 0 N–H and O–H groups in total. The Morgan fingerprint density at radius 1 is 0.897 bits per heavy atom. The van der Waals surface area contributed by atoms with Crippen molar-refractivity contribution in [3.63, 3.8) is 0 Å². The van der Waals surface area contributed by atoms with Crippen LogP contribution >= 0.6 is 0 Å². The van der Waals surface area contributed by atoms with E-state index in [0.29, 0.717) is 0 Å². The van der Waals surface area contributed by atoms with Crippen molar-refractivity contribution in [2.45, 2.75) is 59.7 Å². The van der Waals surface area contributed by atoms with Gasteiger partial charge in [-0.25, -0.2) is 0 Å². The third-order valence-electron chi connectivity index (χ3n) is 5.76. The molecule has 0 aliphatic rings. The van der Waals surface area contributed by atoms with Crippen molar-refractivity contribution in [3.05, 3.63) is 59.3 Å². The molecule has 2 aromatic heterocycles. The Morgan fingerprint density at radius 2 is 1.62 bits per heavy atom. The molecule has 0 saturated carbocycles. The van der Waals surface area contributed by atoms with Crippen LogP contribution in [0.15, 0.2) is 47.0 Å². The Kier molecular flexibility index (Phi) is 4.50. The summed E-state index contributed by atoms with van der Waals surface area (Å²) in [4.78, 5) is 4.82. The second kappa shape index (κ2) is 6.56. The average molecular weight is 402 g/mol. The van der Waals surface area contributed by atoms with E-state index in [0.717, 1.165) is 22.4 Å². The highest BCUT2D eigenvalue weighted by atomic mass is 28.3. The molecule has 2 heterocycles. The Bertz CT molecular complexity index is 1220. The lowest BCUT2D eigenvalue weighted by molar-refractivity contribution is 0.587. The van der Waals surface area contributed by atoms with Crippen LogP contribution in [0.25, 0.3) is 33.2 Å². The van der Waals surface area contributed by atoms with Crippen LogP contribution in [0, 0.1) is 13.8 Å². The van der Waals surface area contributed by atoms with E-state index in [1.807, 2.05) is 6.20 Å². The number of aromatic nitrogens is 1. The Labute approximate surface area is 175 Å². The van der Waals surface area contributed by atoms with Gasteiger partial charge in [-0.05, 0) is 59.3 Å². The van der Waals surface area contributed by atoms with Crippen molar-refractivity contribution in [1.82, 2.24) is 4.98 Å². The number of hydrogen-bond acceptors (Lipinski definition) is 2. The maximum Gasteiger partial charge on any atom is 0.144 e. The van der Waals surface area contributed by atoms with Crippen LogP contribution in [0.1, 0.15) is 37.5 Å². The molecule has 150 valence electrons. The van der Waals surface area contributed by atoms with Gasteiger partial charge in [0.05, 0.1) is 13.8 Å². The summed E-state index contributed by atoms with van der Waals surface area (Å²) >= 11 is 0. The van der Waals surface area contributed by atoms with E-state index in [1.165, 1.54) is 32.6 Å². The number of rotatable bonds is 2. The Balaban J connectivity index is 2.06. The predicted molar refractivity (Wildman–Crippen MR) is 128 cm³/mol. The molecule has 4 rings (SSSR count). The molecule has 29 heavy (non-hydrogen) atoms. The largest absolute Gasteiger partial charge is 0.455 e. The van der Waals surface area contributed by atoms with Gasteiger partial charge in [-0.3, -0.25) is 4.98 Å². The molecule has 0 aliphatic carbocycles. The number of benzene rings is 2. The van der Waals surface area contributed by atoms with Gasteiger partial charge >= 0.3 is 0 Å². The number of nitrogens with zero attached hydrogens (tertiary/aromatic N) is 1. The van der Waals surface area contributed by atoms with Crippen LogP contribution < -0.4 is 5.19 Å². The van der Waals surface area contributed by atoms with E-state index in [-0.39, 0.29) is 5.41 Å². The minimum atomic E-state index is -1.55. The van der Waals surface area contributed by atoms with Crippen LogP contribution in [-0.2, 0) is 5.41 Å². The lowest BCUT2D eigenvalue weighted by atomic mass is 9.88. The summed E-state index contributed by atoms with van der Waals surface area (Å²) in [6.45, 7) is 18.2. The fourth-order valence-corrected chi connectivity index (χ4v) is 5.74. The molecule has 0 saturated heterocycles. The van der Waals surface area contributed by atoms with Gasteiger partial charge in [0, 0.05) is 22.5 Å². The van der Waals surface area contributed by atoms with Crippen molar-refractivity contribution < 1.29 is 4.42 Å². The maximum absolute atomic E-state index is 6.54. The monoisotopic (exact) mass is 401 g/mol. The highest BCUT2D eigenvalue weighted by molar-refractivity contribution is 6.90. The second-order valence-corrected chi connectivity index (χ2v) is 15.4. The van der Waals surface area contributed by atoms with Crippen LogP contribution in [0.3, 0.4) is 0 Å². The summed E-state index contributed by atoms with van der Waals surface area (Å²) < 4.78 is 6.54. The zero-order valence-corrected chi connectivity index (χ0v) is 19.9. The molecule has 2 nitrogen and oxygen atoms in total. The lowest BCUT2D eigenvalue weighted by Crippen LogP contribution is -2.37. The summed E-state index contributed by atoms with van der Waals surface area (Å²) in [5.41, 5.74) is 7.84. The first-order valence-electron chi connectivity index (χ1n) is 10.4. The standard InChI is InChI=1S/C26H31NOSi/c1-16-13-17(2)24-20(14-16)23-22(29(6,7)8)12-10-19(25(23)28-24)21-11-9-18(15-27-21)26(3,4)5/h9-15H,1-8H3. The van der Waals surface area contributed by atoms with Crippen molar-refractivity contribution in [3.8, 4) is 11.3 Å². The third kappa shape index (κ3) is 3.42. The first-order chi connectivity index (χ1) is 13.5. The van der Waals surface area contributed by atoms with E-state index in [9.17, 15) is 0 Å². The quantitative estimate of drug-likeness (QED) is 0.335. The van der Waals surface area contributed by atoms with Crippen molar-refractivity contribution >= 4 is 35.2 Å². The molecular weight excluding hydrogens is 370 g/mol. The Hall–Kier alpha value is -2.39. The van der Waals surface area contributed by atoms with Gasteiger partial charge in [-0.1, -0.05) is 58.6 Å². The summed E-state index contributed by atoms with van der Waals surface area (Å²) in [7, 11) is -1.55. The number of pyridine rings is 1. The molecule has 4 aromatic rings. The van der Waals surface area contributed by atoms with Gasteiger partial charge in [0.1, 0.15) is 11.2 Å². The van der Waals surface area contributed by atoms with Crippen molar-refractivity contribution in [1.29, 1.82) is 0 Å². The summed E-state index contributed by atoms with van der Waals surface area (Å²) in [5, 5.41) is 3.97. The van der Waals surface area contributed by atoms with E-state index in [2.05, 4.69) is 90.7 Å². The van der Waals surface area contributed by atoms with E-state index in [1.54, 1.807) is 0 Å². The minimum absolute atomic E-state index is 0.0938. The van der Waals surface area contributed by atoms with Crippen molar-refractivity contribution in [2.75, 3.05) is 0 Å². The van der Waals surface area contributed by atoms with Gasteiger partial charge < -0.3 is 4.42 Å². The first-order valence-corrected chi connectivity index (χ1v) is 13.9. The van der Waals surface area contributed by atoms with E-state index < -0.39 is 8.07 Å². The number of fused-ring (bicyclic) bond motifs is 3. The maximum atomic E-state index is 6.54. The molecule has 0 fully saturated rings. The van der Waals surface area contributed by atoms with E-state index >= 15 is 0 Å². The number of aryl methyl sites for hydroxylation is 2. The third-order valence-corrected chi connectivity index (χ3v) is 7.80. The lowest BCUT2D eigenvalue weighted by Gasteiger charge is -2.20. The van der Waals surface area contributed by atoms with Gasteiger partial charge in [-0.15, -0.1) is 0 Å². The molecule has 0 aliphatic heterocycles. The summed E-state index contributed by atoms with van der Waals surface area (Å²) in [5.74, 6) is 0. The van der Waals surface area contributed by atoms with Gasteiger partial charge in [0.25, 0.3) is 0 Å². The minimum Gasteiger partial charge on any atom is -0.455 e. The topological polar surface area (TPSA) is 26.0 Å². The zero-order valence-electron chi connectivity index (χ0n) is 18.9. The zero-order chi connectivity index (χ0) is 21.1. The average Bonchev–Trinajstić information content (AvgIpc) is 2.99. The fourth-order valence-electron chi connectivity index (χ4n) is 4.16. The number of furan rings is 1. The van der Waals surface area contributed by atoms with Gasteiger partial charge in [0.2, 0.25) is 0 Å². The fraction of sp³-hybridized carbons (Fsp3) is 0.346. The van der Waals surface area contributed by atoms with Crippen molar-refractivity contribution in [2.24, 2.45) is 0 Å². The second-order valence-electron chi connectivity index (χ2n) is 10.4. The van der Waals surface area contributed by atoms with Crippen LogP contribution in [0.2, 0.25) is 19.6 Å². The molecule has 0 amide bonds. The normalized spacial score (nSPS) is 12.8. The van der Waals surface area contributed by atoms with Crippen LogP contribution in [0.4, 0.5) is 0 Å². The SMILES string of the molecule is Cc1cc(C)c2oc3c(-c4ccc(C(C)(C)C)cn4)ccc([Si](C)(C)C)c3c2c1. The number of hydrogen-bond donors (Lipinski definition) is 0. The highest BCUT2D eigenvalue weighted by Gasteiger charge is 2.25. The summed E-state index contributed by atoms with van der Waals surface area (Å²) in [6.07, 6.45) is 2.01. The molecule has 0 radical (unpaired) electrons. The Morgan fingerprint density at radius 3 is 2.21 bits per heavy atom. The predicted octanol–water partition coefficient (Wildman–Crippen LogP) is 7.11. The van der Waals surface area contributed by atoms with Gasteiger partial charge in [0.15, 0.2) is 0 Å². The first kappa shape index (κ1) is 19.9. The molecule has 0 unspecified atom stereocenters. The van der Waals surface area contributed by atoms with Crippen LogP contribution in [-0.4, -0.2) is 13.1 Å². The molecule has 0 bridgehead atoms. The molecule has 0 atom stereocenters. The van der Waals surface area contributed by atoms with Gasteiger partial charge in [-0.2, -0.15) is 0 Å². The summed E-state index contributed by atoms with van der Waals surface area (Å²) in [6, 6.07) is 13.3. The molecule has 0 spiro atoms. The van der Waals surface area contributed by atoms with Crippen LogP contribution in [0.5, 0.6) is 0 Å².